The van der Waals surface area contributed by atoms with Crippen molar-refractivity contribution in [3.63, 3.8) is 0 Å². The number of nitrogens with zero attached hydrogens (tertiary/aromatic N) is 3. The van der Waals surface area contributed by atoms with E-state index < -0.39 is 0 Å². The highest BCUT2D eigenvalue weighted by atomic mass is 35.5. The van der Waals surface area contributed by atoms with Gasteiger partial charge in [-0.25, -0.2) is 4.98 Å². The Labute approximate surface area is 126 Å². The molecule has 4 heteroatoms. The molecule has 1 heterocycles. The molecule has 0 spiro atoms. The van der Waals surface area contributed by atoms with Crippen LogP contribution in [0.15, 0.2) is 18.2 Å². The maximum atomic E-state index is 6.07. The number of para-hydroxylation sites is 1. The average molecular weight is 294 g/mol. The van der Waals surface area contributed by atoms with Crippen molar-refractivity contribution in [2.45, 2.75) is 39.6 Å². The molecule has 2 aromatic rings. The van der Waals surface area contributed by atoms with Crippen molar-refractivity contribution >= 4 is 22.6 Å². The average Bonchev–Trinajstić information content (AvgIpc) is 2.83. The second kappa shape index (κ2) is 7.09. The largest absolute Gasteiger partial charge is 0.326 e. The number of halogens is 1. The second-order valence-corrected chi connectivity index (χ2v) is 5.46. The Bertz CT molecular complexity index is 562. The second-order valence-electron chi connectivity index (χ2n) is 5.19. The van der Waals surface area contributed by atoms with Crippen LogP contribution >= 0.6 is 11.6 Å². The van der Waals surface area contributed by atoms with E-state index in [0.29, 0.717) is 5.88 Å². The molecule has 0 atom stereocenters. The molecule has 0 radical (unpaired) electrons. The summed E-state index contributed by atoms with van der Waals surface area (Å²) in [4.78, 5) is 7.16. The summed E-state index contributed by atoms with van der Waals surface area (Å²) < 4.78 is 2.27. The van der Waals surface area contributed by atoms with E-state index in [1.165, 1.54) is 17.5 Å². The third-order valence-electron chi connectivity index (χ3n) is 3.81. The maximum Gasteiger partial charge on any atom is 0.124 e. The van der Waals surface area contributed by atoms with Crippen molar-refractivity contribution < 1.29 is 0 Å². The van der Waals surface area contributed by atoms with Crippen molar-refractivity contribution in [2.75, 3.05) is 19.6 Å². The molecule has 0 aliphatic carbocycles. The fourth-order valence-corrected chi connectivity index (χ4v) is 2.88. The first-order valence-corrected chi connectivity index (χ1v) is 7.97. The molecule has 3 nitrogen and oxygen atoms in total. The molecule has 110 valence electrons. The highest BCUT2D eigenvalue weighted by Crippen LogP contribution is 2.20. The van der Waals surface area contributed by atoms with Gasteiger partial charge in [-0.2, -0.15) is 0 Å². The van der Waals surface area contributed by atoms with E-state index in [0.717, 1.165) is 37.5 Å². The summed E-state index contributed by atoms with van der Waals surface area (Å²) in [6, 6.07) is 6.34. The molecule has 0 aliphatic heterocycles. The summed E-state index contributed by atoms with van der Waals surface area (Å²) in [6.45, 7) is 10.8. The maximum absolute atomic E-state index is 6.07. The summed E-state index contributed by atoms with van der Waals surface area (Å²) in [5, 5.41) is 0. The third-order valence-corrected chi connectivity index (χ3v) is 4.05. The molecule has 1 aromatic carbocycles. The molecule has 0 saturated heterocycles. The van der Waals surface area contributed by atoms with Crippen LogP contribution in [0.3, 0.4) is 0 Å². The zero-order valence-corrected chi connectivity index (χ0v) is 13.5. The lowest BCUT2D eigenvalue weighted by Gasteiger charge is -2.20. The van der Waals surface area contributed by atoms with Crippen LogP contribution in [0.2, 0.25) is 0 Å². The van der Waals surface area contributed by atoms with E-state index in [1.807, 2.05) is 0 Å². The fraction of sp³-hybridized carbons (Fsp3) is 0.562. The van der Waals surface area contributed by atoms with Crippen LogP contribution in [-0.2, 0) is 12.4 Å². The quantitative estimate of drug-likeness (QED) is 0.724. The van der Waals surface area contributed by atoms with Crippen LogP contribution in [0.1, 0.15) is 31.7 Å². The summed E-state index contributed by atoms with van der Waals surface area (Å²) in [7, 11) is 0. The topological polar surface area (TPSA) is 21.1 Å². The number of rotatable bonds is 7. The lowest BCUT2D eigenvalue weighted by molar-refractivity contribution is 0.277. The van der Waals surface area contributed by atoms with Gasteiger partial charge in [0, 0.05) is 13.1 Å². The normalized spacial score (nSPS) is 11.7. The zero-order valence-electron chi connectivity index (χ0n) is 12.7. The predicted molar refractivity (Wildman–Crippen MR) is 86.4 cm³/mol. The van der Waals surface area contributed by atoms with Crippen LogP contribution in [0.4, 0.5) is 0 Å². The lowest BCUT2D eigenvalue weighted by atomic mass is 10.2. The minimum absolute atomic E-state index is 0.466. The monoisotopic (exact) mass is 293 g/mol. The van der Waals surface area contributed by atoms with Gasteiger partial charge in [-0.05, 0) is 38.1 Å². The summed E-state index contributed by atoms with van der Waals surface area (Å²) >= 11 is 6.07. The number of fused-ring (bicyclic) bond motifs is 1. The van der Waals surface area contributed by atoms with Crippen LogP contribution in [0.5, 0.6) is 0 Å². The predicted octanol–water partition coefficient (Wildman–Crippen LogP) is 3.82. The molecule has 0 saturated carbocycles. The van der Waals surface area contributed by atoms with Crippen LogP contribution in [0.25, 0.3) is 11.0 Å². The standard InChI is InChI=1S/C16H24ClN3/c1-4-9-19(5-2)10-11-20-14-8-6-7-13(3)16(14)18-15(20)12-17/h6-8H,4-5,9-12H2,1-3H3. The molecule has 0 fully saturated rings. The van der Waals surface area contributed by atoms with E-state index in [2.05, 4.69) is 48.4 Å². The minimum Gasteiger partial charge on any atom is -0.326 e. The molecule has 20 heavy (non-hydrogen) atoms. The van der Waals surface area contributed by atoms with E-state index >= 15 is 0 Å². The number of alkyl halides is 1. The van der Waals surface area contributed by atoms with E-state index in [-0.39, 0.29) is 0 Å². The SMILES string of the molecule is CCCN(CC)CCn1c(CCl)nc2c(C)cccc21. The van der Waals surface area contributed by atoms with Gasteiger partial charge in [-0.3, -0.25) is 0 Å². The molecule has 0 amide bonds. The smallest absolute Gasteiger partial charge is 0.124 e. The van der Waals surface area contributed by atoms with Gasteiger partial charge in [0.2, 0.25) is 0 Å². The van der Waals surface area contributed by atoms with E-state index in [4.69, 9.17) is 16.6 Å². The Morgan fingerprint density at radius 3 is 2.70 bits per heavy atom. The first-order valence-electron chi connectivity index (χ1n) is 7.44. The van der Waals surface area contributed by atoms with Crippen molar-refractivity contribution in [1.82, 2.24) is 14.5 Å². The number of aromatic nitrogens is 2. The van der Waals surface area contributed by atoms with Gasteiger partial charge in [0.05, 0.1) is 16.9 Å². The molecule has 0 unspecified atom stereocenters. The first kappa shape index (κ1) is 15.3. The van der Waals surface area contributed by atoms with Crippen molar-refractivity contribution in [1.29, 1.82) is 0 Å². The van der Waals surface area contributed by atoms with Gasteiger partial charge in [0.1, 0.15) is 5.82 Å². The molecule has 1 aromatic heterocycles. The van der Waals surface area contributed by atoms with Crippen molar-refractivity contribution in [3.05, 3.63) is 29.6 Å². The number of benzene rings is 1. The lowest BCUT2D eigenvalue weighted by Crippen LogP contribution is -2.28. The Morgan fingerprint density at radius 2 is 2.05 bits per heavy atom. The van der Waals surface area contributed by atoms with Crippen LogP contribution < -0.4 is 0 Å². The van der Waals surface area contributed by atoms with Crippen molar-refractivity contribution in [3.8, 4) is 0 Å². The fourth-order valence-electron chi connectivity index (χ4n) is 2.67. The third kappa shape index (κ3) is 3.15. The number of likely N-dealkylation sites (N-methyl/N-ethyl adjacent to an activating group) is 1. The van der Waals surface area contributed by atoms with Gasteiger partial charge in [-0.1, -0.05) is 26.0 Å². The molecular weight excluding hydrogens is 270 g/mol. The minimum atomic E-state index is 0.466. The molecule has 0 N–H and O–H groups in total. The summed E-state index contributed by atoms with van der Waals surface area (Å²) in [6.07, 6.45) is 1.19. The molecule has 0 bridgehead atoms. The van der Waals surface area contributed by atoms with Crippen LogP contribution in [0, 0.1) is 6.92 Å². The van der Waals surface area contributed by atoms with Gasteiger partial charge in [0.15, 0.2) is 0 Å². The highest BCUT2D eigenvalue weighted by molar-refractivity contribution is 6.16. The van der Waals surface area contributed by atoms with Gasteiger partial charge >= 0.3 is 0 Å². The number of imidazole rings is 1. The first-order chi connectivity index (χ1) is 9.71. The van der Waals surface area contributed by atoms with E-state index in [1.54, 1.807) is 0 Å². The molecule has 2 rings (SSSR count). The summed E-state index contributed by atoms with van der Waals surface area (Å²) in [5.74, 6) is 1.44. The highest BCUT2D eigenvalue weighted by Gasteiger charge is 2.12. The van der Waals surface area contributed by atoms with E-state index in [9.17, 15) is 0 Å². The Hall–Kier alpha value is -1.06. The molecular formula is C16H24ClN3. The van der Waals surface area contributed by atoms with Gasteiger partial charge < -0.3 is 9.47 Å². The Balaban J connectivity index is 2.26. The molecule has 0 aliphatic rings. The van der Waals surface area contributed by atoms with Crippen LogP contribution in [-0.4, -0.2) is 34.1 Å². The number of hydrogen-bond donors (Lipinski definition) is 0. The van der Waals surface area contributed by atoms with Crippen molar-refractivity contribution in [2.24, 2.45) is 0 Å². The zero-order chi connectivity index (χ0) is 14.5. The van der Waals surface area contributed by atoms with Gasteiger partial charge in [0.25, 0.3) is 0 Å². The number of hydrogen-bond acceptors (Lipinski definition) is 2. The summed E-state index contributed by atoms with van der Waals surface area (Å²) in [5.41, 5.74) is 3.50. The Kier molecular flexibility index (Phi) is 5.44. The number of aryl methyl sites for hydroxylation is 1. The van der Waals surface area contributed by atoms with Gasteiger partial charge in [-0.15, -0.1) is 11.6 Å². The Morgan fingerprint density at radius 1 is 1.25 bits per heavy atom.